The summed E-state index contributed by atoms with van der Waals surface area (Å²) in [5.74, 6) is 1.71. The molecule has 2 aliphatic heterocycles. The summed E-state index contributed by atoms with van der Waals surface area (Å²) in [7, 11) is 0. The summed E-state index contributed by atoms with van der Waals surface area (Å²) in [4.78, 5) is 11.3. The smallest absolute Gasteiger partial charge is 0.227 e. The van der Waals surface area contributed by atoms with Crippen molar-refractivity contribution in [3.63, 3.8) is 0 Å². The molecule has 0 amide bonds. The molecule has 0 bridgehead atoms. The van der Waals surface area contributed by atoms with Crippen molar-refractivity contribution in [2.45, 2.75) is 56.1 Å². The van der Waals surface area contributed by atoms with Crippen LogP contribution >= 0.6 is 0 Å². The summed E-state index contributed by atoms with van der Waals surface area (Å²) in [5, 5.41) is 23.6. The van der Waals surface area contributed by atoms with E-state index in [0.717, 1.165) is 50.2 Å². The number of rotatable bonds is 5. The summed E-state index contributed by atoms with van der Waals surface area (Å²) in [6.07, 6.45) is 5.76. The van der Waals surface area contributed by atoms with Crippen LogP contribution in [0.3, 0.4) is 0 Å². The third kappa shape index (κ3) is 3.88. The molecule has 7 nitrogen and oxygen atoms in total. The summed E-state index contributed by atoms with van der Waals surface area (Å²) in [6, 6.07) is 1.99. The Labute approximate surface area is 148 Å². The Hall–Kier alpha value is -1.44. The minimum atomic E-state index is -0.632. The molecule has 1 aromatic heterocycles. The second-order valence-corrected chi connectivity index (χ2v) is 7.74. The lowest BCUT2D eigenvalue weighted by Gasteiger charge is -2.36. The molecule has 3 N–H and O–H groups in total. The second-order valence-electron chi connectivity index (χ2n) is 7.74. The molecule has 25 heavy (non-hydrogen) atoms. The SMILES string of the molecule is OC1CN(c2nc(NCC3(O)CCCCC3)cc([C@@H]3CCOC3)n2)C1. The van der Waals surface area contributed by atoms with Gasteiger partial charge < -0.3 is 25.2 Å². The van der Waals surface area contributed by atoms with Gasteiger partial charge in [-0.25, -0.2) is 4.98 Å². The van der Waals surface area contributed by atoms with Gasteiger partial charge in [0.05, 0.1) is 24.0 Å². The van der Waals surface area contributed by atoms with Gasteiger partial charge in [-0.2, -0.15) is 4.98 Å². The number of β-amino-alcohol motifs (C(OH)–C–C–N with tert-alkyl or cyclic N) is 1. The maximum atomic E-state index is 10.7. The van der Waals surface area contributed by atoms with Crippen LogP contribution in [0.4, 0.5) is 11.8 Å². The molecule has 1 aliphatic carbocycles. The van der Waals surface area contributed by atoms with E-state index in [1.165, 1.54) is 6.42 Å². The fourth-order valence-electron chi connectivity index (χ4n) is 3.92. The minimum absolute atomic E-state index is 0.290. The second kappa shape index (κ2) is 7.05. The van der Waals surface area contributed by atoms with Gasteiger partial charge in [0.2, 0.25) is 5.95 Å². The normalized spacial score (nSPS) is 26.5. The van der Waals surface area contributed by atoms with E-state index in [1.807, 2.05) is 11.0 Å². The van der Waals surface area contributed by atoms with Crippen molar-refractivity contribution in [1.29, 1.82) is 0 Å². The van der Waals surface area contributed by atoms with E-state index in [4.69, 9.17) is 9.72 Å². The van der Waals surface area contributed by atoms with Gasteiger partial charge in [-0.1, -0.05) is 19.3 Å². The quantitative estimate of drug-likeness (QED) is 0.738. The molecular formula is C18H28N4O3. The molecule has 2 saturated heterocycles. The number of anilines is 2. The van der Waals surface area contributed by atoms with E-state index < -0.39 is 5.60 Å². The lowest BCUT2D eigenvalue weighted by molar-refractivity contribution is 0.0166. The van der Waals surface area contributed by atoms with E-state index >= 15 is 0 Å². The van der Waals surface area contributed by atoms with Gasteiger partial charge in [0, 0.05) is 38.2 Å². The van der Waals surface area contributed by atoms with Gasteiger partial charge >= 0.3 is 0 Å². The number of hydrogen-bond donors (Lipinski definition) is 3. The third-order valence-corrected chi connectivity index (χ3v) is 5.61. The van der Waals surface area contributed by atoms with Crippen molar-refractivity contribution >= 4 is 11.8 Å². The third-order valence-electron chi connectivity index (χ3n) is 5.61. The van der Waals surface area contributed by atoms with Crippen molar-refractivity contribution < 1.29 is 14.9 Å². The molecule has 7 heteroatoms. The van der Waals surface area contributed by atoms with E-state index in [2.05, 4.69) is 10.3 Å². The average molecular weight is 348 g/mol. The number of nitrogens with zero attached hydrogens (tertiary/aromatic N) is 3. The first-order valence-corrected chi connectivity index (χ1v) is 9.47. The first-order valence-electron chi connectivity index (χ1n) is 9.47. The van der Waals surface area contributed by atoms with Gasteiger partial charge in [-0.05, 0) is 19.3 Å². The maximum Gasteiger partial charge on any atom is 0.227 e. The van der Waals surface area contributed by atoms with Crippen molar-refractivity contribution in [3.05, 3.63) is 11.8 Å². The Balaban J connectivity index is 1.51. The predicted molar refractivity (Wildman–Crippen MR) is 95.0 cm³/mol. The molecule has 3 aliphatic rings. The van der Waals surface area contributed by atoms with Crippen LogP contribution in [0.5, 0.6) is 0 Å². The fraction of sp³-hybridized carbons (Fsp3) is 0.778. The molecule has 0 radical (unpaired) electrons. The lowest BCUT2D eigenvalue weighted by atomic mass is 9.85. The highest BCUT2D eigenvalue weighted by molar-refractivity contribution is 5.46. The Kier molecular flexibility index (Phi) is 4.80. The zero-order valence-corrected chi connectivity index (χ0v) is 14.7. The molecule has 1 atom stereocenters. The number of aliphatic hydroxyl groups excluding tert-OH is 1. The van der Waals surface area contributed by atoms with E-state index in [-0.39, 0.29) is 6.10 Å². The van der Waals surface area contributed by atoms with E-state index in [0.29, 0.717) is 38.1 Å². The number of ether oxygens (including phenoxy) is 1. The van der Waals surface area contributed by atoms with E-state index in [9.17, 15) is 10.2 Å². The number of nitrogens with one attached hydrogen (secondary N) is 1. The van der Waals surface area contributed by atoms with Gasteiger partial charge in [0.25, 0.3) is 0 Å². The van der Waals surface area contributed by atoms with Crippen LogP contribution < -0.4 is 10.2 Å². The fourth-order valence-corrected chi connectivity index (χ4v) is 3.92. The summed E-state index contributed by atoms with van der Waals surface area (Å²) in [6.45, 7) is 3.14. The van der Waals surface area contributed by atoms with Crippen LogP contribution in [0.25, 0.3) is 0 Å². The van der Waals surface area contributed by atoms with Crippen molar-refractivity contribution in [1.82, 2.24) is 9.97 Å². The van der Waals surface area contributed by atoms with Crippen LogP contribution in [-0.2, 0) is 4.74 Å². The monoisotopic (exact) mass is 348 g/mol. The number of aromatic nitrogens is 2. The Morgan fingerprint density at radius 3 is 2.72 bits per heavy atom. The molecule has 1 saturated carbocycles. The number of hydrogen-bond acceptors (Lipinski definition) is 7. The highest BCUT2D eigenvalue weighted by Gasteiger charge is 2.31. The Bertz CT molecular complexity index is 594. The molecule has 0 aromatic carbocycles. The summed E-state index contributed by atoms with van der Waals surface area (Å²) in [5.41, 5.74) is 0.356. The molecule has 0 unspecified atom stereocenters. The Morgan fingerprint density at radius 1 is 1.24 bits per heavy atom. The van der Waals surface area contributed by atoms with Gasteiger partial charge in [-0.3, -0.25) is 0 Å². The zero-order chi connectivity index (χ0) is 17.3. The van der Waals surface area contributed by atoms with Crippen LogP contribution in [-0.4, -0.2) is 64.7 Å². The van der Waals surface area contributed by atoms with E-state index in [1.54, 1.807) is 0 Å². The van der Waals surface area contributed by atoms with Crippen molar-refractivity contribution in [3.8, 4) is 0 Å². The lowest BCUT2D eigenvalue weighted by Crippen LogP contribution is -2.51. The van der Waals surface area contributed by atoms with Crippen LogP contribution in [0, 0.1) is 0 Å². The standard InChI is InChI=1S/C18H28N4O3/c23-14-9-22(10-14)17-20-15(13-4-7-25-11-13)8-16(21-17)19-12-18(24)5-2-1-3-6-18/h8,13-14,23-24H,1-7,9-12H2,(H,19,20,21)/t13-/m1/s1. The zero-order valence-electron chi connectivity index (χ0n) is 14.7. The van der Waals surface area contributed by atoms with Crippen molar-refractivity contribution in [2.24, 2.45) is 0 Å². The molecule has 0 spiro atoms. The largest absolute Gasteiger partial charge is 0.389 e. The Morgan fingerprint density at radius 2 is 2.04 bits per heavy atom. The molecular weight excluding hydrogens is 320 g/mol. The van der Waals surface area contributed by atoms with Crippen LogP contribution in [0.15, 0.2) is 6.07 Å². The topological polar surface area (TPSA) is 90.7 Å². The molecule has 138 valence electrons. The molecule has 1 aromatic rings. The van der Waals surface area contributed by atoms with Crippen LogP contribution in [0.2, 0.25) is 0 Å². The summed E-state index contributed by atoms with van der Waals surface area (Å²) >= 11 is 0. The highest BCUT2D eigenvalue weighted by Crippen LogP contribution is 2.30. The average Bonchev–Trinajstić information content (AvgIpc) is 3.12. The molecule has 4 rings (SSSR count). The highest BCUT2D eigenvalue weighted by atomic mass is 16.5. The first kappa shape index (κ1) is 17.0. The first-order chi connectivity index (χ1) is 12.1. The van der Waals surface area contributed by atoms with Gasteiger partial charge in [0.15, 0.2) is 0 Å². The minimum Gasteiger partial charge on any atom is -0.389 e. The molecule has 3 heterocycles. The van der Waals surface area contributed by atoms with Crippen molar-refractivity contribution in [2.75, 3.05) is 43.1 Å². The summed E-state index contributed by atoms with van der Waals surface area (Å²) < 4.78 is 5.51. The van der Waals surface area contributed by atoms with Crippen LogP contribution in [0.1, 0.15) is 50.1 Å². The van der Waals surface area contributed by atoms with Gasteiger partial charge in [0.1, 0.15) is 5.82 Å². The predicted octanol–water partition coefficient (Wildman–Crippen LogP) is 1.27. The maximum absolute atomic E-state index is 10.7. The molecule has 3 fully saturated rings. The van der Waals surface area contributed by atoms with Gasteiger partial charge in [-0.15, -0.1) is 0 Å². The number of aliphatic hydroxyl groups is 2.